The van der Waals surface area contributed by atoms with E-state index in [1.165, 1.54) is 18.0 Å². The van der Waals surface area contributed by atoms with E-state index in [0.717, 1.165) is 31.7 Å². The molecule has 3 heterocycles. The summed E-state index contributed by atoms with van der Waals surface area (Å²) >= 11 is 0. The average Bonchev–Trinajstić information content (AvgIpc) is 2.94. The van der Waals surface area contributed by atoms with E-state index in [4.69, 9.17) is 5.11 Å². The number of aromatic nitrogens is 4. The second kappa shape index (κ2) is 5.51. The highest BCUT2D eigenvalue weighted by molar-refractivity contribution is 5.84. The molecule has 1 saturated heterocycles. The van der Waals surface area contributed by atoms with Crippen LogP contribution < -0.4 is 4.90 Å². The molecule has 110 valence electrons. The Bertz CT molecular complexity index is 629. The number of carbonyl (C=O) groups is 1. The molecule has 0 bridgehead atoms. The Labute approximate surface area is 122 Å². The van der Waals surface area contributed by atoms with Gasteiger partial charge in [-0.05, 0) is 24.3 Å². The summed E-state index contributed by atoms with van der Waals surface area (Å²) in [5.41, 5.74) is 1.26. The zero-order valence-corrected chi connectivity index (χ0v) is 11.8. The van der Waals surface area contributed by atoms with Crippen molar-refractivity contribution in [2.75, 3.05) is 18.0 Å². The Kier molecular flexibility index (Phi) is 3.55. The molecule has 3 rings (SSSR count). The third-order valence-corrected chi connectivity index (χ3v) is 3.87. The molecule has 0 aliphatic carbocycles. The van der Waals surface area contributed by atoms with Gasteiger partial charge in [-0.2, -0.15) is 5.10 Å². The Morgan fingerprint density at radius 2 is 2.00 bits per heavy atom. The lowest BCUT2D eigenvalue weighted by molar-refractivity contribution is 0.0690. The normalized spacial score (nSPS) is 16.1. The summed E-state index contributed by atoms with van der Waals surface area (Å²) in [6.07, 6.45) is 8.92. The first kappa shape index (κ1) is 13.5. The second-order valence-electron chi connectivity index (χ2n) is 5.27. The monoisotopic (exact) mass is 287 g/mol. The molecule has 0 saturated carbocycles. The molecule has 0 spiro atoms. The number of nitrogens with zero attached hydrogens (tertiary/aromatic N) is 5. The Morgan fingerprint density at radius 1 is 1.24 bits per heavy atom. The first-order valence-corrected chi connectivity index (χ1v) is 6.92. The van der Waals surface area contributed by atoms with Crippen LogP contribution in [0, 0.1) is 0 Å². The molecule has 7 nitrogen and oxygen atoms in total. The van der Waals surface area contributed by atoms with E-state index in [1.54, 1.807) is 0 Å². The summed E-state index contributed by atoms with van der Waals surface area (Å²) < 4.78 is 1.83. The highest BCUT2D eigenvalue weighted by atomic mass is 16.4. The first-order chi connectivity index (χ1) is 10.1. The van der Waals surface area contributed by atoms with Crippen LogP contribution in [0.2, 0.25) is 0 Å². The smallest absolute Gasteiger partial charge is 0.356 e. The van der Waals surface area contributed by atoms with Crippen LogP contribution in [-0.2, 0) is 7.05 Å². The summed E-state index contributed by atoms with van der Waals surface area (Å²) in [6.45, 7) is 1.78. The van der Waals surface area contributed by atoms with Gasteiger partial charge in [-0.3, -0.25) is 4.68 Å². The van der Waals surface area contributed by atoms with Gasteiger partial charge in [-0.25, -0.2) is 14.8 Å². The van der Waals surface area contributed by atoms with E-state index >= 15 is 0 Å². The van der Waals surface area contributed by atoms with Crippen LogP contribution >= 0.6 is 0 Å². The number of hydrogen-bond acceptors (Lipinski definition) is 5. The molecule has 1 fully saturated rings. The van der Waals surface area contributed by atoms with Crippen molar-refractivity contribution in [3.63, 3.8) is 0 Å². The van der Waals surface area contributed by atoms with Crippen LogP contribution in [0.5, 0.6) is 0 Å². The summed E-state index contributed by atoms with van der Waals surface area (Å²) in [5.74, 6) is 0.218. The van der Waals surface area contributed by atoms with Crippen molar-refractivity contribution in [3.8, 4) is 0 Å². The maximum Gasteiger partial charge on any atom is 0.356 e. The Morgan fingerprint density at radius 3 is 2.52 bits per heavy atom. The number of hydrogen-bond donors (Lipinski definition) is 1. The van der Waals surface area contributed by atoms with E-state index in [9.17, 15) is 4.79 Å². The Hall–Kier alpha value is -2.44. The van der Waals surface area contributed by atoms with Gasteiger partial charge in [0, 0.05) is 26.3 Å². The number of aromatic carboxylic acids is 1. The predicted octanol–water partition coefficient (Wildman–Crippen LogP) is 1.29. The average molecular weight is 287 g/mol. The molecule has 2 aromatic heterocycles. The third kappa shape index (κ3) is 2.86. The van der Waals surface area contributed by atoms with Crippen molar-refractivity contribution in [2.45, 2.75) is 18.8 Å². The lowest BCUT2D eigenvalue weighted by atomic mass is 9.91. The van der Waals surface area contributed by atoms with Crippen LogP contribution in [-0.4, -0.2) is 43.9 Å². The van der Waals surface area contributed by atoms with Crippen molar-refractivity contribution in [3.05, 3.63) is 36.0 Å². The highest BCUT2D eigenvalue weighted by Gasteiger charge is 2.22. The molecule has 0 amide bonds. The lowest BCUT2D eigenvalue weighted by Crippen LogP contribution is -2.33. The van der Waals surface area contributed by atoms with Crippen LogP contribution in [0.15, 0.2) is 24.8 Å². The topological polar surface area (TPSA) is 84.1 Å². The molecular formula is C14H17N5O2. The van der Waals surface area contributed by atoms with Crippen molar-refractivity contribution >= 4 is 11.8 Å². The summed E-state index contributed by atoms with van der Waals surface area (Å²) in [5, 5.41) is 13.0. The van der Waals surface area contributed by atoms with Gasteiger partial charge >= 0.3 is 5.97 Å². The molecule has 21 heavy (non-hydrogen) atoms. The molecular weight excluding hydrogens is 270 g/mol. The lowest BCUT2D eigenvalue weighted by Gasteiger charge is -2.32. The number of carboxylic acids is 1. The molecule has 1 N–H and O–H groups in total. The SMILES string of the molecule is Cn1cc(C2CCN(c3cnc(C(=O)O)cn3)CC2)cn1. The van der Waals surface area contributed by atoms with Crippen LogP contribution in [0.3, 0.4) is 0 Å². The number of aryl methyl sites for hydroxylation is 1. The molecule has 0 atom stereocenters. The van der Waals surface area contributed by atoms with Gasteiger partial charge in [0.2, 0.25) is 0 Å². The van der Waals surface area contributed by atoms with Crippen LogP contribution in [0.4, 0.5) is 5.82 Å². The fourth-order valence-electron chi connectivity index (χ4n) is 2.69. The first-order valence-electron chi connectivity index (χ1n) is 6.92. The molecule has 1 aliphatic rings. The molecule has 1 aliphatic heterocycles. The third-order valence-electron chi connectivity index (χ3n) is 3.87. The van der Waals surface area contributed by atoms with E-state index in [1.807, 2.05) is 17.9 Å². The minimum Gasteiger partial charge on any atom is -0.476 e. The fourth-order valence-corrected chi connectivity index (χ4v) is 2.69. The maximum absolute atomic E-state index is 10.8. The van der Waals surface area contributed by atoms with E-state index in [2.05, 4.69) is 26.2 Å². The predicted molar refractivity (Wildman–Crippen MR) is 76.4 cm³/mol. The summed E-state index contributed by atoms with van der Waals surface area (Å²) in [6, 6.07) is 0. The fraction of sp³-hybridized carbons (Fsp3) is 0.429. The van der Waals surface area contributed by atoms with Crippen molar-refractivity contribution in [1.29, 1.82) is 0 Å². The molecule has 7 heteroatoms. The highest BCUT2D eigenvalue weighted by Crippen LogP contribution is 2.29. The van der Waals surface area contributed by atoms with E-state index < -0.39 is 5.97 Å². The van der Waals surface area contributed by atoms with E-state index in [-0.39, 0.29) is 5.69 Å². The number of piperidine rings is 1. The van der Waals surface area contributed by atoms with Crippen molar-refractivity contribution in [1.82, 2.24) is 19.7 Å². The van der Waals surface area contributed by atoms with Gasteiger partial charge in [0.05, 0.1) is 18.6 Å². The van der Waals surface area contributed by atoms with Gasteiger partial charge in [0.15, 0.2) is 5.69 Å². The number of carboxylic acid groups (broad SMARTS) is 1. The number of rotatable bonds is 3. The zero-order chi connectivity index (χ0) is 14.8. The minimum absolute atomic E-state index is 0.0241. The molecule has 0 radical (unpaired) electrons. The van der Waals surface area contributed by atoms with Gasteiger partial charge in [0.1, 0.15) is 5.82 Å². The van der Waals surface area contributed by atoms with Gasteiger partial charge in [0.25, 0.3) is 0 Å². The van der Waals surface area contributed by atoms with Gasteiger partial charge in [-0.1, -0.05) is 0 Å². The summed E-state index contributed by atoms with van der Waals surface area (Å²) in [4.78, 5) is 21.0. The molecule has 2 aromatic rings. The minimum atomic E-state index is -1.05. The second-order valence-corrected chi connectivity index (χ2v) is 5.27. The quantitative estimate of drug-likeness (QED) is 0.915. The van der Waals surface area contributed by atoms with Gasteiger partial charge < -0.3 is 10.0 Å². The maximum atomic E-state index is 10.8. The van der Waals surface area contributed by atoms with Gasteiger partial charge in [-0.15, -0.1) is 0 Å². The van der Waals surface area contributed by atoms with Crippen LogP contribution in [0.25, 0.3) is 0 Å². The molecule has 0 unspecified atom stereocenters. The Balaban J connectivity index is 1.64. The largest absolute Gasteiger partial charge is 0.476 e. The zero-order valence-electron chi connectivity index (χ0n) is 11.8. The standard InChI is InChI=1S/C14H17N5O2/c1-18-9-11(6-17-18)10-2-4-19(5-3-10)13-8-15-12(7-16-13)14(20)21/h6-10H,2-5H2,1H3,(H,20,21). The van der Waals surface area contributed by atoms with Crippen molar-refractivity contribution in [2.24, 2.45) is 7.05 Å². The van der Waals surface area contributed by atoms with E-state index in [0.29, 0.717) is 5.92 Å². The number of anilines is 1. The van der Waals surface area contributed by atoms with Crippen LogP contribution in [0.1, 0.15) is 34.8 Å². The van der Waals surface area contributed by atoms with Crippen molar-refractivity contribution < 1.29 is 9.90 Å². The molecule has 0 aromatic carbocycles. The summed E-state index contributed by atoms with van der Waals surface area (Å²) in [7, 11) is 1.93.